The van der Waals surface area contributed by atoms with Gasteiger partial charge in [0.1, 0.15) is 11.5 Å². The third kappa shape index (κ3) is 3.83. The lowest BCUT2D eigenvalue weighted by molar-refractivity contribution is 0.0961. The molecule has 4 rings (SSSR count). The minimum atomic E-state index is 0.0428. The highest BCUT2D eigenvalue weighted by atomic mass is 16.5. The van der Waals surface area contributed by atoms with Gasteiger partial charge in [-0.25, -0.2) is 0 Å². The monoisotopic (exact) mass is 352 g/mol. The third-order valence-electron chi connectivity index (χ3n) is 4.99. The highest BCUT2D eigenvalue weighted by Crippen LogP contribution is 2.29. The molecule has 0 bridgehead atoms. The van der Waals surface area contributed by atoms with Crippen molar-refractivity contribution in [3.05, 3.63) is 54.1 Å². The Morgan fingerprint density at radius 2 is 1.81 bits per heavy atom. The number of ketones is 1. The Hall–Kier alpha value is -2.53. The second-order valence-corrected chi connectivity index (χ2v) is 6.74. The molecule has 26 heavy (non-hydrogen) atoms. The quantitative estimate of drug-likeness (QED) is 0.748. The molecular formula is C21H24N2O3. The molecule has 0 spiro atoms. The highest BCUT2D eigenvalue weighted by molar-refractivity contribution is 6.02. The van der Waals surface area contributed by atoms with E-state index >= 15 is 0 Å². The maximum Gasteiger partial charge on any atom is 0.203 e. The molecule has 0 aliphatic carbocycles. The van der Waals surface area contributed by atoms with Crippen LogP contribution in [0.2, 0.25) is 0 Å². The van der Waals surface area contributed by atoms with Crippen LogP contribution in [0.15, 0.2) is 48.5 Å². The number of hydrogen-bond donors (Lipinski definition) is 0. The summed E-state index contributed by atoms with van der Waals surface area (Å²) in [5.41, 5.74) is 1.97. The maximum absolute atomic E-state index is 11.6. The molecule has 0 saturated carbocycles. The first-order valence-corrected chi connectivity index (χ1v) is 9.25. The summed E-state index contributed by atoms with van der Waals surface area (Å²) in [4.78, 5) is 16.5. The first kappa shape index (κ1) is 16.9. The van der Waals surface area contributed by atoms with Crippen molar-refractivity contribution >= 4 is 11.5 Å². The molecule has 0 N–H and O–H groups in total. The minimum absolute atomic E-state index is 0.0428. The fourth-order valence-corrected chi connectivity index (χ4v) is 3.51. The first-order chi connectivity index (χ1) is 12.8. The number of carbonyl (C=O) groups is 1. The smallest absolute Gasteiger partial charge is 0.203 e. The molecule has 2 aromatic carbocycles. The molecule has 2 heterocycles. The summed E-state index contributed by atoms with van der Waals surface area (Å²) in [5, 5.41) is 0. The predicted molar refractivity (Wildman–Crippen MR) is 101 cm³/mol. The maximum atomic E-state index is 11.6. The Kier molecular flexibility index (Phi) is 5.07. The zero-order valence-electron chi connectivity index (χ0n) is 14.9. The fraction of sp³-hybridized carbons (Fsp3) is 0.381. The number of fused-ring (bicyclic) bond motifs is 1. The zero-order chi connectivity index (χ0) is 17.8. The number of anilines is 1. The van der Waals surface area contributed by atoms with E-state index in [1.807, 2.05) is 12.1 Å². The highest BCUT2D eigenvalue weighted by Gasteiger charge is 2.21. The summed E-state index contributed by atoms with van der Waals surface area (Å²) < 4.78 is 11.2. The fourth-order valence-electron chi connectivity index (χ4n) is 3.51. The Morgan fingerprint density at radius 3 is 2.62 bits per heavy atom. The Balaban J connectivity index is 1.18. The molecule has 0 aromatic heterocycles. The van der Waals surface area contributed by atoms with Crippen LogP contribution >= 0.6 is 0 Å². The van der Waals surface area contributed by atoms with E-state index in [9.17, 15) is 4.79 Å². The van der Waals surface area contributed by atoms with E-state index in [-0.39, 0.29) is 12.4 Å². The number of Topliss-reactive ketones (excluding diaryl/α,β-unsaturated/α-hetero) is 1. The van der Waals surface area contributed by atoms with Crippen LogP contribution in [-0.2, 0) is 0 Å². The minimum Gasteiger partial charge on any atom is -0.493 e. The summed E-state index contributed by atoms with van der Waals surface area (Å²) in [6.07, 6.45) is 0.988. The van der Waals surface area contributed by atoms with Gasteiger partial charge in [-0.1, -0.05) is 18.2 Å². The van der Waals surface area contributed by atoms with E-state index in [2.05, 4.69) is 40.1 Å². The summed E-state index contributed by atoms with van der Waals surface area (Å²) in [6.45, 7) is 6.18. The molecule has 0 radical (unpaired) electrons. The number of hydrogen-bond acceptors (Lipinski definition) is 5. The molecule has 0 atom stereocenters. The molecule has 0 amide bonds. The van der Waals surface area contributed by atoms with Crippen LogP contribution in [0.4, 0.5) is 5.69 Å². The lowest BCUT2D eigenvalue weighted by atomic mass is 10.1. The SMILES string of the molecule is O=C1COc2cc(OCCCN3CCN(c4ccccc4)CC3)ccc21. The average Bonchev–Trinajstić information content (AvgIpc) is 3.07. The lowest BCUT2D eigenvalue weighted by Crippen LogP contribution is -2.46. The Bertz CT molecular complexity index is 755. The third-order valence-corrected chi connectivity index (χ3v) is 4.99. The van der Waals surface area contributed by atoms with Crippen LogP contribution in [0.25, 0.3) is 0 Å². The number of para-hydroxylation sites is 1. The largest absolute Gasteiger partial charge is 0.493 e. The summed E-state index contributed by atoms with van der Waals surface area (Å²) in [7, 11) is 0. The van der Waals surface area contributed by atoms with Crippen molar-refractivity contribution in [1.82, 2.24) is 4.90 Å². The van der Waals surface area contributed by atoms with Gasteiger partial charge >= 0.3 is 0 Å². The number of nitrogens with zero attached hydrogens (tertiary/aromatic N) is 2. The normalized spacial score (nSPS) is 17.1. The van der Waals surface area contributed by atoms with Gasteiger partial charge in [0.15, 0.2) is 6.61 Å². The van der Waals surface area contributed by atoms with E-state index < -0.39 is 0 Å². The number of benzene rings is 2. The Morgan fingerprint density at radius 1 is 1.00 bits per heavy atom. The summed E-state index contributed by atoms with van der Waals surface area (Å²) in [6, 6.07) is 16.1. The number of ether oxygens (including phenoxy) is 2. The van der Waals surface area contributed by atoms with Gasteiger partial charge in [0.2, 0.25) is 5.78 Å². The van der Waals surface area contributed by atoms with Crippen LogP contribution in [-0.4, -0.2) is 56.6 Å². The molecule has 5 heteroatoms. The topological polar surface area (TPSA) is 42.0 Å². The molecule has 5 nitrogen and oxygen atoms in total. The van der Waals surface area contributed by atoms with E-state index in [1.165, 1.54) is 5.69 Å². The van der Waals surface area contributed by atoms with E-state index in [0.717, 1.165) is 44.9 Å². The molecule has 2 aliphatic heterocycles. The van der Waals surface area contributed by atoms with Crippen LogP contribution in [0.5, 0.6) is 11.5 Å². The number of rotatable bonds is 6. The number of carbonyl (C=O) groups excluding carboxylic acids is 1. The zero-order valence-corrected chi connectivity index (χ0v) is 14.9. The summed E-state index contributed by atoms with van der Waals surface area (Å²) >= 11 is 0. The summed E-state index contributed by atoms with van der Waals surface area (Å²) in [5.74, 6) is 1.46. The average molecular weight is 352 g/mol. The van der Waals surface area contributed by atoms with Gasteiger partial charge in [0, 0.05) is 44.5 Å². The van der Waals surface area contributed by atoms with Crippen molar-refractivity contribution < 1.29 is 14.3 Å². The Labute approximate surface area is 154 Å². The van der Waals surface area contributed by atoms with Crippen molar-refractivity contribution in [3.63, 3.8) is 0 Å². The molecular weight excluding hydrogens is 328 g/mol. The second kappa shape index (κ2) is 7.79. The van der Waals surface area contributed by atoms with Gasteiger partial charge in [-0.15, -0.1) is 0 Å². The van der Waals surface area contributed by atoms with Crippen LogP contribution < -0.4 is 14.4 Å². The van der Waals surface area contributed by atoms with Gasteiger partial charge in [-0.2, -0.15) is 0 Å². The van der Waals surface area contributed by atoms with Crippen molar-refractivity contribution in [3.8, 4) is 11.5 Å². The van der Waals surface area contributed by atoms with Gasteiger partial charge in [-0.05, 0) is 30.7 Å². The van der Waals surface area contributed by atoms with Crippen molar-refractivity contribution in [1.29, 1.82) is 0 Å². The standard InChI is InChI=1S/C21H24N2O3/c24-20-16-26-21-15-18(7-8-19(20)21)25-14-4-9-22-10-12-23(13-11-22)17-5-2-1-3-6-17/h1-3,5-8,15H,4,9-14,16H2. The van der Waals surface area contributed by atoms with Gasteiger partial charge in [0.05, 0.1) is 12.2 Å². The molecule has 136 valence electrons. The lowest BCUT2D eigenvalue weighted by Gasteiger charge is -2.36. The van der Waals surface area contributed by atoms with Crippen molar-refractivity contribution in [2.75, 3.05) is 50.8 Å². The van der Waals surface area contributed by atoms with Crippen LogP contribution in [0.3, 0.4) is 0 Å². The second-order valence-electron chi connectivity index (χ2n) is 6.74. The molecule has 2 aliphatic rings. The first-order valence-electron chi connectivity index (χ1n) is 9.25. The van der Waals surface area contributed by atoms with Crippen LogP contribution in [0, 0.1) is 0 Å². The number of piperazine rings is 1. The van der Waals surface area contributed by atoms with Crippen LogP contribution in [0.1, 0.15) is 16.8 Å². The van der Waals surface area contributed by atoms with Crippen molar-refractivity contribution in [2.24, 2.45) is 0 Å². The van der Waals surface area contributed by atoms with E-state index in [0.29, 0.717) is 17.9 Å². The molecule has 1 saturated heterocycles. The van der Waals surface area contributed by atoms with Gasteiger partial charge < -0.3 is 14.4 Å². The van der Waals surface area contributed by atoms with Crippen molar-refractivity contribution in [2.45, 2.75) is 6.42 Å². The molecule has 2 aromatic rings. The predicted octanol–water partition coefficient (Wildman–Crippen LogP) is 2.85. The van der Waals surface area contributed by atoms with E-state index in [4.69, 9.17) is 9.47 Å². The molecule has 0 unspecified atom stereocenters. The molecule has 1 fully saturated rings. The van der Waals surface area contributed by atoms with E-state index in [1.54, 1.807) is 6.07 Å². The van der Waals surface area contributed by atoms with Gasteiger partial charge in [-0.3, -0.25) is 9.69 Å². The van der Waals surface area contributed by atoms with Gasteiger partial charge in [0.25, 0.3) is 0 Å².